The van der Waals surface area contributed by atoms with Crippen molar-refractivity contribution in [2.24, 2.45) is 16.6 Å². The maximum Gasteiger partial charge on any atom is 0.274 e. The highest BCUT2D eigenvalue weighted by Crippen LogP contribution is 2.66. The molecule has 3 atom stereocenters. The molecule has 0 spiro atoms. The number of nitrogens with two attached hydrogens (primary N) is 1. The van der Waals surface area contributed by atoms with Crippen molar-refractivity contribution in [3.05, 3.63) is 71.5 Å². The maximum absolute atomic E-state index is 15.1. The second kappa shape index (κ2) is 9.21. The number of amides is 1. The number of oxazole rings is 1. The van der Waals surface area contributed by atoms with E-state index < -0.39 is 17.3 Å². The minimum Gasteiger partial charge on any atom is -0.482 e. The summed E-state index contributed by atoms with van der Waals surface area (Å²) >= 11 is 1.49. The lowest BCUT2D eigenvalue weighted by molar-refractivity contribution is 0.102. The number of carbonyl (C=O) groups is 1. The van der Waals surface area contributed by atoms with Crippen LogP contribution in [0.5, 0.6) is 5.75 Å². The highest BCUT2D eigenvalue weighted by Gasteiger charge is 2.66. The van der Waals surface area contributed by atoms with Crippen molar-refractivity contribution in [2.75, 3.05) is 19.0 Å². The van der Waals surface area contributed by atoms with Gasteiger partial charge in [-0.15, -0.1) is 0 Å². The summed E-state index contributed by atoms with van der Waals surface area (Å²) in [5, 5.41) is 3.23. The average Bonchev–Trinajstić information content (AvgIpc) is 3.31. The second-order valence-electron chi connectivity index (χ2n) is 9.15. The average molecular weight is 512 g/mol. The number of aliphatic imine (C=N–C) groups is 1. The van der Waals surface area contributed by atoms with Gasteiger partial charge in [-0.05, 0) is 50.1 Å². The number of halogens is 1. The number of rotatable bonds is 8. The summed E-state index contributed by atoms with van der Waals surface area (Å²) in [7, 11) is 1.64. The van der Waals surface area contributed by atoms with Crippen LogP contribution in [0.2, 0.25) is 0 Å². The van der Waals surface area contributed by atoms with E-state index in [1.54, 1.807) is 26.2 Å². The fourth-order valence-electron chi connectivity index (χ4n) is 4.85. The molecule has 1 amide bonds. The van der Waals surface area contributed by atoms with Crippen LogP contribution < -0.4 is 15.8 Å². The molecule has 3 aromatic rings. The lowest BCUT2D eigenvalue weighted by atomic mass is 9.85. The van der Waals surface area contributed by atoms with E-state index in [1.165, 1.54) is 42.6 Å². The molecule has 1 fully saturated rings. The fraction of sp³-hybridized carbons (Fsp3) is 0.360. The third-order valence-corrected chi connectivity index (χ3v) is 7.90. The van der Waals surface area contributed by atoms with Gasteiger partial charge in [-0.25, -0.2) is 14.4 Å². The molecule has 2 aromatic heterocycles. The number of fused-ring (bicyclic) bond motifs is 1. The number of methoxy groups -OCH3 is 1. The zero-order valence-electron chi connectivity index (χ0n) is 20.1. The molecule has 36 heavy (non-hydrogen) atoms. The van der Waals surface area contributed by atoms with Crippen molar-refractivity contribution < 1.29 is 23.1 Å². The molecule has 0 unspecified atom stereocenters. The van der Waals surface area contributed by atoms with E-state index in [0.29, 0.717) is 40.2 Å². The van der Waals surface area contributed by atoms with Crippen molar-refractivity contribution in [1.82, 2.24) is 9.97 Å². The molecular formula is C25H26FN5O4S. The normalized spacial score (nSPS) is 24.6. The molecule has 11 heteroatoms. The summed E-state index contributed by atoms with van der Waals surface area (Å²) in [5.74, 6) is 0.156. The van der Waals surface area contributed by atoms with E-state index in [4.69, 9.17) is 19.6 Å². The van der Waals surface area contributed by atoms with Crippen molar-refractivity contribution in [1.29, 1.82) is 0 Å². The monoisotopic (exact) mass is 511 g/mol. The van der Waals surface area contributed by atoms with E-state index in [9.17, 15) is 4.79 Å². The third kappa shape index (κ3) is 4.44. The van der Waals surface area contributed by atoms with Crippen molar-refractivity contribution in [3.8, 4) is 5.75 Å². The van der Waals surface area contributed by atoms with Gasteiger partial charge >= 0.3 is 0 Å². The summed E-state index contributed by atoms with van der Waals surface area (Å²) in [6.07, 6.45) is 5.27. The zero-order chi connectivity index (χ0) is 25.5. The van der Waals surface area contributed by atoms with Gasteiger partial charge in [-0.1, -0.05) is 11.8 Å². The summed E-state index contributed by atoms with van der Waals surface area (Å²) < 4.78 is 31.0. The van der Waals surface area contributed by atoms with Crippen molar-refractivity contribution in [3.63, 3.8) is 0 Å². The SMILES string of the molecule is COC[C@]12C[C@H]1[C@@](C)(c1cc(NC(=O)c3ncc(OCc4ncco4)cc3C)ccc1F)N=C(N)S2. The first kappa shape index (κ1) is 24.3. The topological polar surface area (TPSA) is 125 Å². The largest absolute Gasteiger partial charge is 0.482 e. The number of hydrogen-bond donors (Lipinski definition) is 2. The standard InChI is InChI=1S/C25H26FN5O4S/c1-14-8-16(35-12-20-28-6-7-34-20)11-29-21(14)22(32)30-15-4-5-18(26)17(9-15)24(2)19-10-25(19,13-33-3)36-23(27)31-24/h4-9,11,19H,10,12-13H2,1-3H3,(H2,27,31)(H,30,32)/t19-,24+,25+/m0/s1. The zero-order valence-corrected chi connectivity index (χ0v) is 20.9. The summed E-state index contributed by atoms with van der Waals surface area (Å²) in [6.45, 7) is 4.30. The predicted octanol–water partition coefficient (Wildman–Crippen LogP) is 4.03. The molecule has 1 aliphatic heterocycles. The number of nitrogens with zero attached hydrogens (tertiary/aromatic N) is 3. The number of amidine groups is 1. The Kier molecular flexibility index (Phi) is 6.21. The fourth-order valence-corrected chi connectivity index (χ4v) is 6.30. The molecule has 2 aliphatic rings. The van der Waals surface area contributed by atoms with E-state index in [2.05, 4.69) is 20.3 Å². The minimum atomic E-state index is -0.866. The molecule has 1 saturated carbocycles. The van der Waals surface area contributed by atoms with Gasteiger partial charge in [-0.3, -0.25) is 9.79 Å². The van der Waals surface area contributed by atoms with Gasteiger partial charge in [0, 0.05) is 24.3 Å². The number of anilines is 1. The molecule has 0 bridgehead atoms. The number of thioether (sulfide) groups is 1. The van der Waals surface area contributed by atoms with Crippen molar-refractivity contribution in [2.45, 2.75) is 37.2 Å². The molecular weight excluding hydrogens is 485 g/mol. The van der Waals surface area contributed by atoms with Crippen LogP contribution in [-0.2, 0) is 16.9 Å². The van der Waals surface area contributed by atoms with Gasteiger partial charge in [0.1, 0.15) is 23.5 Å². The number of carbonyl (C=O) groups excluding carboxylic acids is 1. The molecule has 0 radical (unpaired) electrons. The van der Waals surface area contributed by atoms with E-state index in [0.717, 1.165) is 6.42 Å². The van der Waals surface area contributed by atoms with Crippen LogP contribution in [0.3, 0.4) is 0 Å². The Balaban J connectivity index is 1.34. The Morgan fingerprint density at radius 1 is 1.36 bits per heavy atom. The lowest BCUT2D eigenvalue weighted by Crippen LogP contribution is -2.37. The Labute approximate surface area is 211 Å². The second-order valence-corrected chi connectivity index (χ2v) is 10.6. The first-order valence-corrected chi connectivity index (χ1v) is 12.2. The van der Waals surface area contributed by atoms with Gasteiger partial charge in [-0.2, -0.15) is 0 Å². The molecule has 188 valence electrons. The predicted molar refractivity (Wildman–Crippen MR) is 133 cm³/mol. The number of nitrogens with one attached hydrogen (secondary N) is 1. The van der Waals surface area contributed by atoms with Gasteiger partial charge in [0.25, 0.3) is 5.91 Å². The number of aryl methyl sites for hydroxylation is 1. The van der Waals surface area contributed by atoms with Crippen molar-refractivity contribution >= 4 is 28.5 Å². The molecule has 1 aliphatic carbocycles. The van der Waals surface area contributed by atoms with E-state index in [1.807, 2.05) is 6.92 Å². The van der Waals surface area contributed by atoms with Crippen LogP contribution in [0.25, 0.3) is 0 Å². The molecule has 1 aromatic carbocycles. The van der Waals surface area contributed by atoms with Gasteiger partial charge in [0.05, 0.1) is 29.3 Å². The maximum atomic E-state index is 15.1. The van der Waals surface area contributed by atoms with Crippen LogP contribution in [0.1, 0.15) is 40.9 Å². The molecule has 9 nitrogen and oxygen atoms in total. The number of pyridine rings is 1. The van der Waals surface area contributed by atoms with Gasteiger partial charge in [0.2, 0.25) is 5.89 Å². The van der Waals surface area contributed by atoms with Gasteiger partial charge < -0.3 is 24.9 Å². The Bertz CT molecular complexity index is 1330. The number of hydrogen-bond acceptors (Lipinski definition) is 9. The van der Waals surface area contributed by atoms with Crippen LogP contribution in [0.4, 0.5) is 10.1 Å². The molecule has 0 saturated heterocycles. The lowest BCUT2D eigenvalue weighted by Gasteiger charge is -2.34. The van der Waals surface area contributed by atoms with Gasteiger partial charge in [0.15, 0.2) is 11.8 Å². The number of ether oxygens (including phenoxy) is 2. The minimum absolute atomic E-state index is 0.0653. The van der Waals surface area contributed by atoms with E-state index >= 15 is 4.39 Å². The smallest absolute Gasteiger partial charge is 0.274 e. The Morgan fingerprint density at radius 3 is 2.92 bits per heavy atom. The summed E-state index contributed by atoms with van der Waals surface area (Å²) in [4.78, 5) is 25.9. The summed E-state index contributed by atoms with van der Waals surface area (Å²) in [6, 6.07) is 6.19. The van der Waals surface area contributed by atoms with Crippen LogP contribution in [0.15, 0.2) is 52.3 Å². The Hall–Kier alpha value is -3.44. The molecule has 3 N–H and O–H groups in total. The molecule has 5 rings (SSSR count). The highest BCUT2D eigenvalue weighted by atomic mass is 32.2. The quantitative estimate of drug-likeness (QED) is 0.464. The van der Waals surface area contributed by atoms with Crippen LogP contribution in [-0.4, -0.2) is 39.5 Å². The van der Waals surface area contributed by atoms with E-state index in [-0.39, 0.29) is 23.0 Å². The van der Waals surface area contributed by atoms with Crippen LogP contribution >= 0.6 is 11.8 Å². The first-order chi connectivity index (χ1) is 17.2. The molecule has 3 heterocycles. The highest BCUT2D eigenvalue weighted by molar-refractivity contribution is 8.15. The van der Waals surface area contributed by atoms with Crippen LogP contribution in [0, 0.1) is 18.7 Å². The third-order valence-electron chi connectivity index (χ3n) is 6.63. The summed E-state index contributed by atoms with van der Waals surface area (Å²) in [5.41, 5.74) is 6.94. The Morgan fingerprint density at radius 2 is 2.19 bits per heavy atom. The number of aromatic nitrogens is 2. The number of benzene rings is 1. The first-order valence-electron chi connectivity index (χ1n) is 11.4.